The number of aromatic amines is 1. The molecule has 1 aromatic carbocycles. The van der Waals surface area contributed by atoms with Crippen molar-refractivity contribution in [3.63, 3.8) is 0 Å². The van der Waals surface area contributed by atoms with E-state index in [0.717, 1.165) is 24.2 Å². The fourth-order valence-electron chi connectivity index (χ4n) is 2.06. The fraction of sp³-hybridized carbons (Fsp3) is 0.333. The number of rotatable bonds is 5. The molecule has 1 N–H and O–H groups in total. The van der Waals surface area contributed by atoms with Gasteiger partial charge in [0.05, 0.1) is 5.69 Å². The van der Waals surface area contributed by atoms with Gasteiger partial charge in [-0.1, -0.05) is 37.3 Å². The Morgan fingerprint density at radius 1 is 1.26 bits per heavy atom. The highest BCUT2D eigenvalue weighted by Gasteiger charge is 2.05. The Kier molecular flexibility index (Phi) is 4.47. The molecule has 0 bridgehead atoms. The first kappa shape index (κ1) is 13.5. The highest BCUT2D eigenvalue weighted by Crippen LogP contribution is 2.12. The molecular formula is C15H19N3O. The van der Waals surface area contributed by atoms with Crippen LogP contribution in [0.5, 0.6) is 0 Å². The maximum atomic E-state index is 11.7. The van der Waals surface area contributed by atoms with Crippen LogP contribution in [0.3, 0.4) is 0 Å². The highest BCUT2D eigenvalue weighted by molar-refractivity contribution is 5.54. The molecule has 0 spiro atoms. The minimum atomic E-state index is -0.103. The molecule has 0 aliphatic rings. The highest BCUT2D eigenvalue weighted by atomic mass is 16.1. The SMILES string of the molecule is CCCN(C)Cc1cc(=O)[nH]c(-c2ccccc2)n1. The van der Waals surface area contributed by atoms with Crippen LogP contribution in [0.15, 0.2) is 41.2 Å². The lowest BCUT2D eigenvalue weighted by Crippen LogP contribution is -2.21. The molecule has 0 aliphatic heterocycles. The molecule has 0 saturated carbocycles. The standard InChI is InChI=1S/C15H19N3O/c1-3-9-18(2)11-13-10-14(19)17-15(16-13)12-7-5-4-6-8-12/h4-8,10H,3,9,11H2,1-2H3,(H,16,17,19). The van der Waals surface area contributed by atoms with E-state index < -0.39 is 0 Å². The van der Waals surface area contributed by atoms with Crippen molar-refractivity contribution in [1.29, 1.82) is 0 Å². The zero-order valence-electron chi connectivity index (χ0n) is 11.4. The lowest BCUT2D eigenvalue weighted by Gasteiger charge is -2.14. The molecule has 0 amide bonds. The second-order valence-corrected chi connectivity index (χ2v) is 4.69. The molecular weight excluding hydrogens is 238 g/mol. The van der Waals surface area contributed by atoms with E-state index in [0.29, 0.717) is 12.4 Å². The van der Waals surface area contributed by atoms with Gasteiger partial charge in [0.2, 0.25) is 0 Å². The van der Waals surface area contributed by atoms with Crippen LogP contribution in [0, 0.1) is 0 Å². The number of hydrogen-bond acceptors (Lipinski definition) is 3. The summed E-state index contributed by atoms with van der Waals surface area (Å²) in [5.74, 6) is 0.632. The van der Waals surface area contributed by atoms with Gasteiger partial charge in [-0.15, -0.1) is 0 Å². The van der Waals surface area contributed by atoms with Crippen LogP contribution in [-0.4, -0.2) is 28.5 Å². The summed E-state index contributed by atoms with van der Waals surface area (Å²) in [6.07, 6.45) is 1.09. The van der Waals surface area contributed by atoms with Gasteiger partial charge in [-0.2, -0.15) is 0 Å². The molecule has 0 aliphatic carbocycles. The zero-order chi connectivity index (χ0) is 13.7. The summed E-state index contributed by atoms with van der Waals surface area (Å²) in [5.41, 5.74) is 1.63. The van der Waals surface area contributed by atoms with Crippen molar-refractivity contribution >= 4 is 0 Å². The van der Waals surface area contributed by atoms with Crippen LogP contribution in [0.1, 0.15) is 19.0 Å². The van der Waals surface area contributed by atoms with Crippen molar-refractivity contribution in [2.45, 2.75) is 19.9 Å². The molecule has 0 radical (unpaired) electrons. The molecule has 0 saturated heterocycles. The van der Waals surface area contributed by atoms with E-state index in [1.807, 2.05) is 37.4 Å². The Morgan fingerprint density at radius 3 is 2.68 bits per heavy atom. The molecule has 0 atom stereocenters. The summed E-state index contributed by atoms with van der Waals surface area (Å²) in [5, 5.41) is 0. The van der Waals surface area contributed by atoms with Crippen molar-refractivity contribution in [1.82, 2.24) is 14.9 Å². The summed E-state index contributed by atoms with van der Waals surface area (Å²) in [6, 6.07) is 11.3. The molecule has 4 heteroatoms. The maximum Gasteiger partial charge on any atom is 0.251 e. The summed E-state index contributed by atoms with van der Waals surface area (Å²) in [6.45, 7) is 3.82. The van der Waals surface area contributed by atoms with E-state index in [-0.39, 0.29) is 5.56 Å². The Morgan fingerprint density at radius 2 is 2.00 bits per heavy atom. The Balaban J connectivity index is 2.28. The van der Waals surface area contributed by atoms with Crippen LogP contribution in [0.25, 0.3) is 11.4 Å². The van der Waals surface area contributed by atoms with Crippen molar-refractivity contribution in [2.24, 2.45) is 0 Å². The predicted molar refractivity (Wildman–Crippen MR) is 76.9 cm³/mol. The lowest BCUT2D eigenvalue weighted by atomic mass is 10.2. The zero-order valence-corrected chi connectivity index (χ0v) is 11.4. The number of aromatic nitrogens is 2. The molecule has 2 aromatic rings. The van der Waals surface area contributed by atoms with Crippen molar-refractivity contribution in [2.75, 3.05) is 13.6 Å². The quantitative estimate of drug-likeness (QED) is 0.894. The monoisotopic (exact) mass is 257 g/mol. The third-order valence-corrected chi connectivity index (χ3v) is 2.88. The number of hydrogen-bond donors (Lipinski definition) is 1. The van der Waals surface area contributed by atoms with Gasteiger partial charge in [0.15, 0.2) is 0 Å². The van der Waals surface area contributed by atoms with Gasteiger partial charge in [-0.05, 0) is 20.0 Å². The van der Waals surface area contributed by atoms with Gasteiger partial charge in [0, 0.05) is 18.2 Å². The first-order valence-electron chi connectivity index (χ1n) is 6.53. The molecule has 4 nitrogen and oxygen atoms in total. The maximum absolute atomic E-state index is 11.7. The average molecular weight is 257 g/mol. The van der Waals surface area contributed by atoms with Gasteiger partial charge >= 0.3 is 0 Å². The molecule has 1 aromatic heterocycles. The van der Waals surface area contributed by atoms with Crippen LogP contribution in [0.2, 0.25) is 0 Å². The number of benzene rings is 1. The summed E-state index contributed by atoms with van der Waals surface area (Å²) >= 11 is 0. The first-order chi connectivity index (χ1) is 9.19. The van der Waals surface area contributed by atoms with Crippen molar-refractivity contribution < 1.29 is 0 Å². The molecule has 19 heavy (non-hydrogen) atoms. The topological polar surface area (TPSA) is 49.0 Å². The summed E-state index contributed by atoms with van der Waals surface area (Å²) in [7, 11) is 2.04. The van der Waals surface area contributed by atoms with E-state index in [1.54, 1.807) is 6.07 Å². The Bertz CT molecular complexity index is 577. The van der Waals surface area contributed by atoms with Gasteiger partial charge in [0.1, 0.15) is 5.82 Å². The van der Waals surface area contributed by atoms with Crippen LogP contribution < -0.4 is 5.56 Å². The molecule has 100 valence electrons. The first-order valence-corrected chi connectivity index (χ1v) is 6.53. The minimum Gasteiger partial charge on any atom is -0.307 e. The van der Waals surface area contributed by atoms with Gasteiger partial charge in [-0.3, -0.25) is 4.79 Å². The van der Waals surface area contributed by atoms with Gasteiger partial charge < -0.3 is 9.88 Å². The van der Waals surface area contributed by atoms with E-state index >= 15 is 0 Å². The lowest BCUT2D eigenvalue weighted by molar-refractivity contribution is 0.323. The third kappa shape index (κ3) is 3.76. The summed E-state index contributed by atoms with van der Waals surface area (Å²) in [4.78, 5) is 21.2. The van der Waals surface area contributed by atoms with Gasteiger partial charge in [-0.25, -0.2) is 4.98 Å². The molecule has 1 heterocycles. The second-order valence-electron chi connectivity index (χ2n) is 4.69. The number of nitrogens with zero attached hydrogens (tertiary/aromatic N) is 2. The molecule has 0 unspecified atom stereocenters. The Hall–Kier alpha value is -1.94. The van der Waals surface area contributed by atoms with E-state index in [4.69, 9.17) is 0 Å². The molecule has 0 fully saturated rings. The predicted octanol–water partition coefficient (Wildman–Crippen LogP) is 2.28. The van der Waals surface area contributed by atoms with Crippen molar-refractivity contribution in [3.05, 3.63) is 52.4 Å². The average Bonchev–Trinajstić information content (AvgIpc) is 2.39. The third-order valence-electron chi connectivity index (χ3n) is 2.88. The van der Waals surface area contributed by atoms with Crippen molar-refractivity contribution in [3.8, 4) is 11.4 Å². The van der Waals surface area contributed by atoms with Crippen LogP contribution >= 0.6 is 0 Å². The van der Waals surface area contributed by atoms with Gasteiger partial charge in [0.25, 0.3) is 5.56 Å². The normalized spacial score (nSPS) is 10.9. The van der Waals surface area contributed by atoms with Crippen LogP contribution in [-0.2, 0) is 6.54 Å². The summed E-state index contributed by atoms with van der Waals surface area (Å²) < 4.78 is 0. The second kappa shape index (κ2) is 6.29. The van der Waals surface area contributed by atoms with E-state index in [9.17, 15) is 4.79 Å². The molecule has 2 rings (SSSR count). The number of H-pyrrole nitrogens is 1. The van der Waals surface area contributed by atoms with Crippen LogP contribution in [0.4, 0.5) is 0 Å². The number of nitrogens with one attached hydrogen (secondary N) is 1. The Labute approximate surface area is 113 Å². The fourth-order valence-corrected chi connectivity index (χ4v) is 2.06. The smallest absolute Gasteiger partial charge is 0.251 e. The van der Waals surface area contributed by atoms with E-state index in [2.05, 4.69) is 21.8 Å². The minimum absolute atomic E-state index is 0.103. The largest absolute Gasteiger partial charge is 0.307 e. The van der Waals surface area contributed by atoms with E-state index in [1.165, 1.54) is 0 Å².